The van der Waals surface area contributed by atoms with E-state index in [1.54, 1.807) is 6.92 Å². The number of rotatable bonds is 6. The summed E-state index contributed by atoms with van der Waals surface area (Å²) >= 11 is 0. The molecule has 1 rings (SSSR count). The quantitative estimate of drug-likeness (QED) is 0.819. The van der Waals surface area contributed by atoms with E-state index in [9.17, 15) is 4.79 Å². The highest BCUT2D eigenvalue weighted by Crippen LogP contribution is 2.32. The van der Waals surface area contributed by atoms with E-state index in [0.29, 0.717) is 19.6 Å². The van der Waals surface area contributed by atoms with Crippen LogP contribution in [-0.4, -0.2) is 25.2 Å². The third kappa shape index (κ3) is 5.38. The highest BCUT2D eigenvalue weighted by molar-refractivity contribution is 5.75. The van der Waals surface area contributed by atoms with E-state index >= 15 is 0 Å². The monoisotopic (exact) mass is 293 g/mol. The van der Waals surface area contributed by atoms with Gasteiger partial charge in [-0.3, -0.25) is 4.79 Å². The van der Waals surface area contributed by atoms with Gasteiger partial charge in [-0.05, 0) is 36.5 Å². The molecule has 1 atom stereocenters. The predicted octanol–water partition coefficient (Wildman–Crippen LogP) is 2.95. The highest BCUT2D eigenvalue weighted by atomic mass is 16.5. The Morgan fingerprint density at radius 1 is 1.33 bits per heavy atom. The van der Waals surface area contributed by atoms with Gasteiger partial charge in [0.25, 0.3) is 0 Å². The molecule has 1 unspecified atom stereocenters. The van der Waals surface area contributed by atoms with Gasteiger partial charge < -0.3 is 15.2 Å². The zero-order valence-electron chi connectivity index (χ0n) is 13.7. The van der Waals surface area contributed by atoms with Crippen molar-refractivity contribution in [3.05, 3.63) is 29.3 Å². The van der Waals surface area contributed by atoms with Crippen molar-refractivity contribution < 1.29 is 14.3 Å². The summed E-state index contributed by atoms with van der Waals surface area (Å²) in [6.07, 6.45) is 0.441. The Morgan fingerprint density at radius 2 is 2.00 bits per heavy atom. The molecule has 0 fully saturated rings. The minimum atomic E-state index is -0.632. The Bertz CT molecular complexity index is 477. The smallest absolute Gasteiger partial charge is 0.323 e. The molecule has 0 spiro atoms. The molecule has 0 aromatic heterocycles. The summed E-state index contributed by atoms with van der Waals surface area (Å²) in [5.41, 5.74) is 8.07. The van der Waals surface area contributed by atoms with E-state index in [1.807, 2.05) is 13.0 Å². The van der Waals surface area contributed by atoms with Crippen LogP contribution < -0.4 is 10.5 Å². The van der Waals surface area contributed by atoms with Gasteiger partial charge >= 0.3 is 5.97 Å². The number of hydrogen-bond donors (Lipinski definition) is 1. The van der Waals surface area contributed by atoms with Gasteiger partial charge in [-0.2, -0.15) is 0 Å². The predicted molar refractivity (Wildman–Crippen MR) is 84.6 cm³/mol. The number of aryl methyl sites for hydroxylation is 1. The largest absolute Gasteiger partial charge is 0.493 e. The molecule has 4 heteroatoms. The van der Waals surface area contributed by atoms with E-state index in [4.69, 9.17) is 15.2 Å². The van der Waals surface area contributed by atoms with Gasteiger partial charge in [0.2, 0.25) is 0 Å². The Labute approximate surface area is 127 Å². The topological polar surface area (TPSA) is 61.5 Å². The van der Waals surface area contributed by atoms with Crippen molar-refractivity contribution in [3.8, 4) is 5.75 Å². The van der Waals surface area contributed by atoms with Crippen molar-refractivity contribution in [2.45, 2.75) is 52.5 Å². The standard InChI is InChI=1S/C17H27NO3/c1-6-20-16(19)14(18)9-10-21-15-11-12(2)7-8-13(15)17(3,4)5/h7-8,11,14H,6,9-10,18H2,1-5H3. The average molecular weight is 293 g/mol. The summed E-state index contributed by atoms with van der Waals surface area (Å²) in [5, 5.41) is 0. The van der Waals surface area contributed by atoms with Crippen molar-refractivity contribution in [2.24, 2.45) is 5.73 Å². The van der Waals surface area contributed by atoms with Crippen LogP contribution in [-0.2, 0) is 14.9 Å². The van der Waals surface area contributed by atoms with Gasteiger partial charge in [0.15, 0.2) is 0 Å². The number of esters is 1. The normalized spacial score (nSPS) is 12.9. The molecule has 0 bridgehead atoms. The van der Waals surface area contributed by atoms with Gasteiger partial charge in [-0.25, -0.2) is 0 Å². The van der Waals surface area contributed by atoms with Crippen molar-refractivity contribution in [2.75, 3.05) is 13.2 Å². The van der Waals surface area contributed by atoms with Gasteiger partial charge in [0, 0.05) is 6.42 Å². The molecule has 118 valence electrons. The summed E-state index contributed by atoms with van der Waals surface area (Å²) in [6.45, 7) is 11.0. The van der Waals surface area contributed by atoms with E-state index in [1.165, 1.54) is 0 Å². The maximum atomic E-state index is 11.5. The summed E-state index contributed by atoms with van der Waals surface area (Å²) in [6, 6.07) is 5.57. The lowest BCUT2D eigenvalue weighted by atomic mass is 9.86. The van der Waals surface area contributed by atoms with Crippen LogP contribution >= 0.6 is 0 Å². The third-order valence-corrected chi connectivity index (χ3v) is 3.22. The molecule has 0 saturated heterocycles. The minimum Gasteiger partial charge on any atom is -0.493 e. The lowest BCUT2D eigenvalue weighted by molar-refractivity contribution is -0.145. The fraction of sp³-hybridized carbons (Fsp3) is 0.588. The van der Waals surface area contributed by atoms with E-state index in [0.717, 1.165) is 16.9 Å². The first-order valence-corrected chi connectivity index (χ1v) is 7.42. The molecule has 0 amide bonds. The number of carbonyl (C=O) groups is 1. The van der Waals surface area contributed by atoms with Crippen LogP contribution in [0.5, 0.6) is 5.75 Å². The van der Waals surface area contributed by atoms with Gasteiger partial charge in [0.1, 0.15) is 11.8 Å². The zero-order chi connectivity index (χ0) is 16.0. The number of carbonyl (C=O) groups excluding carboxylic acids is 1. The number of nitrogens with two attached hydrogens (primary N) is 1. The first-order chi connectivity index (χ1) is 9.75. The first kappa shape index (κ1) is 17.5. The molecule has 4 nitrogen and oxygen atoms in total. The Hall–Kier alpha value is -1.55. The van der Waals surface area contributed by atoms with Crippen LogP contribution in [0.4, 0.5) is 0 Å². The van der Waals surface area contributed by atoms with E-state index < -0.39 is 6.04 Å². The maximum absolute atomic E-state index is 11.5. The zero-order valence-corrected chi connectivity index (χ0v) is 13.7. The van der Waals surface area contributed by atoms with Gasteiger partial charge in [-0.15, -0.1) is 0 Å². The first-order valence-electron chi connectivity index (χ1n) is 7.42. The second kappa shape index (κ2) is 7.46. The number of ether oxygens (including phenoxy) is 2. The maximum Gasteiger partial charge on any atom is 0.323 e. The molecule has 0 aliphatic rings. The van der Waals surface area contributed by atoms with Gasteiger partial charge in [0.05, 0.1) is 13.2 Å². The van der Waals surface area contributed by atoms with Crippen molar-refractivity contribution in [1.82, 2.24) is 0 Å². The summed E-state index contributed by atoms with van der Waals surface area (Å²) in [7, 11) is 0. The molecular formula is C17H27NO3. The molecular weight excluding hydrogens is 266 g/mol. The van der Waals surface area contributed by atoms with E-state index in [-0.39, 0.29) is 11.4 Å². The minimum absolute atomic E-state index is 0.00624. The molecule has 1 aromatic carbocycles. The number of benzene rings is 1. The molecule has 21 heavy (non-hydrogen) atoms. The van der Waals surface area contributed by atoms with Crippen LogP contribution in [0.25, 0.3) is 0 Å². The lowest BCUT2D eigenvalue weighted by Crippen LogP contribution is -2.33. The lowest BCUT2D eigenvalue weighted by Gasteiger charge is -2.23. The van der Waals surface area contributed by atoms with Crippen molar-refractivity contribution >= 4 is 5.97 Å². The fourth-order valence-corrected chi connectivity index (χ4v) is 2.03. The highest BCUT2D eigenvalue weighted by Gasteiger charge is 2.20. The van der Waals surface area contributed by atoms with Crippen LogP contribution in [0, 0.1) is 6.92 Å². The molecule has 0 aliphatic heterocycles. The van der Waals surface area contributed by atoms with Crippen LogP contribution in [0.1, 0.15) is 45.2 Å². The third-order valence-electron chi connectivity index (χ3n) is 3.22. The fourth-order valence-electron chi connectivity index (χ4n) is 2.03. The van der Waals surface area contributed by atoms with Crippen molar-refractivity contribution in [3.63, 3.8) is 0 Å². The second-order valence-electron chi connectivity index (χ2n) is 6.25. The van der Waals surface area contributed by atoms with Crippen LogP contribution in [0.15, 0.2) is 18.2 Å². The van der Waals surface area contributed by atoms with Crippen LogP contribution in [0.3, 0.4) is 0 Å². The summed E-state index contributed by atoms with van der Waals surface area (Å²) in [5.74, 6) is 0.486. The average Bonchev–Trinajstić information content (AvgIpc) is 2.37. The molecule has 0 aliphatic carbocycles. The molecule has 0 saturated carbocycles. The molecule has 1 aromatic rings. The van der Waals surface area contributed by atoms with Crippen LogP contribution in [0.2, 0.25) is 0 Å². The Kier molecular flexibility index (Phi) is 6.21. The Morgan fingerprint density at radius 3 is 2.57 bits per heavy atom. The molecule has 0 radical (unpaired) electrons. The van der Waals surface area contributed by atoms with E-state index in [2.05, 4.69) is 32.9 Å². The number of hydrogen-bond acceptors (Lipinski definition) is 4. The molecule has 2 N–H and O–H groups in total. The SMILES string of the molecule is CCOC(=O)C(N)CCOc1cc(C)ccc1C(C)(C)C. The Balaban J connectivity index is 2.67. The molecule has 0 heterocycles. The second-order valence-corrected chi connectivity index (χ2v) is 6.25. The summed E-state index contributed by atoms with van der Waals surface area (Å²) in [4.78, 5) is 11.5. The van der Waals surface area contributed by atoms with Gasteiger partial charge in [-0.1, -0.05) is 32.9 Å². The summed E-state index contributed by atoms with van der Waals surface area (Å²) < 4.78 is 10.7. The van der Waals surface area contributed by atoms with Crippen molar-refractivity contribution in [1.29, 1.82) is 0 Å².